The van der Waals surface area contributed by atoms with E-state index < -0.39 is 69.6 Å². The Morgan fingerprint density at radius 1 is 1.27 bits per heavy atom. The minimum Gasteiger partial charge on any atom is -0.508 e. The summed E-state index contributed by atoms with van der Waals surface area (Å²) in [4.78, 5) is 39.9. The first kappa shape index (κ1) is 22.9. The van der Waals surface area contributed by atoms with Crippen LogP contribution in [0.3, 0.4) is 0 Å². The Hall–Kier alpha value is -3.28. The van der Waals surface area contributed by atoms with Crippen LogP contribution in [0.5, 0.6) is 5.75 Å². The predicted molar refractivity (Wildman–Crippen MR) is 112 cm³/mol. The Labute approximate surface area is 187 Å². The molecular weight excluding hydrogens is 437 g/mol. The third-order valence-corrected chi connectivity index (χ3v) is 6.97. The summed E-state index contributed by atoms with van der Waals surface area (Å²) in [6.45, 7) is -0.236. The van der Waals surface area contributed by atoms with E-state index in [0.29, 0.717) is 0 Å². The van der Waals surface area contributed by atoms with Crippen molar-refractivity contribution in [1.82, 2.24) is 4.90 Å². The zero-order valence-electron chi connectivity index (χ0n) is 17.9. The molecule has 1 aromatic rings. The molecule has 0 saturated heterocycles. The van der Waals surface area contributed by atoms with Gasteiger partial charge in [-0.25, -0.2) is 4.39 Å². The lowest BCUT2D eigenvalue weighted by molar-refractivity contribution is -0.153. The summed E-state index contributed by atoms with van der Waals surface area (Å²) in [5.74, 6) is -8.51. The quantitative estimate of drug-likeness (QED) is 0.324. The highest BCUT2D eigenvalue weighted by molar-refractivity contribution is 6.24. The molecule has 0 bridgehead atoms. The van der Waals surface area contributed by atoms with Crippen LogP contribution in [0.2, 0.25) is 0 Å². The average Bonchev–Trinajstić information content (AvgIpc) is 2.72. The van der Waals surface area contributed by atoms with Gasteiger partial charge in [0.2, 0.25) is 5.78 Å². The highest BCUT2D eigenvalue weighted by Crippen LogP contribution is 2.53. The Balaban J connectivity index is 2.00. The van der Waals surface area contributed by atoms with Gasteiger partial charge in [-0.2, -0.15) is 0 Å². The lowest BCUT2D eigenvalue weighted by Crippen LogP contribution is -2.65. The fraction of sp³-hybridized carbons (Fsp3) is 0.409. The molecule has 1 saturated carbocycles. The lowest BCUT2D eigenvalue weighted by atomic mass is 9.57. The number of carbonyl (C=O) groups is 3. The van der Waals surface area contributed by atoms with Crippen LogP contribution in [-0.4, -0.2) is 68.5 Å². The van der Waals surface area contributed by atoms with Crippen LogP contribution in [0.25, 0.3) is 5.76 Å². The Bertz CT molecular complexity index is 1190. The van der Waals surface area contributed by atoms with Gasteiger partial charge in [0, 0.05) is 29.2 Å². The first-order chi connectivity index (χ1) is 15.4. The number of benzene rings is 1. The van der Waals surface area contributed by atoms with Crippen LogP contribution in [0.1, 0.15) is 23.1 Å². The third-order valence-electron chi connectivity index (χ3n) is 6.97. The van der Waals surface area contributed by atoms with Crippen molar-refractivity contribution in [3.05, 3.63) is 45.5 Å². The second-order valence-electron chi connectivity index (χ2n) is 8.89. The molecule has 0 aliphatic heterocycles. The zero-order valence-corrected chi connectivity index (χ0v) is 17.9. The fourth-order valence-electron chi connectivity index (χ4n) is 5.47. The number of phenols is 1. The molecule has 176 valence electrons. The molecular formula is C22H24FN3O7. The molecule has 1 fully saturated rings. The highest BCUT2D eigenvalue weighted by atomic mass is 19.1. The molecule has 3 aliphatic rings. The largest absolute Gasteiger partial charge is 0.508 e. The first-order valence-electron chi connectivity index (χ1n) is 10.3. The number of carbonyl (C=O) groups excluding carboxylic acids is 3. The van der Waals surface area contributed by atoms with Crippen molar-refractivity contribution in [3.8, 4) is 5.75 Å². The average molecular weight is 461 g/mol. The molecule has 0 unspecified atom stereocenters. The topological polar surface area (TPSA) is 187 Å². The van der Waals surface area contributed by atoms with Crippen molar-refractivity contribution in [2.75, 3.05) is 14.1 Å². The predicted octanol–water partition coefficient (Wildman–Crippen LogP) is -0.438. The fourth-order valence-corrected chi connectivity index (χ4v) is 5.47. The Morgan fingerprint density at radius 2 is 1.91 bits per heavy atom. The zero-order chi connectivity index (χ0) is 24.6. The molecule has 1 aromatic carbocycles. The summed E-state index contributed by atoms with van der Waals surface area (Å²) in [7, 11) is 3.00. The number of likely N-dealkylation sites (N-methyl/N-ethyl adjacent to an activating group) is 1. The van der Waals surface area contributed by atoms with Gasteiger partial charge < -0.3 is 31.9 Å². The molecule has 0 aromatic heterocycles. The summed E-state index contributed by atoms with van der Waals surface area (Å²) >= 11 is 0. The number of halogens is 1. The number of fused-ring (bicyclic) bond motifs is 3. The molecule has 10 nitrogen and oxygen atoms in total. The van der Waals surface area contributed by atoms with Gasteiger partial charge in [-0.05, 0) is 38.9 Å². The number of primary amides is 1. The van der Waals surface area contributed by atoms with Crippen molar-refractivity contribution >= 4 is 23.2 Å². The number of hydrogen-bond acceptors (Lipinski definition) is 9. The summed E-state index contributed by atoms with van der Waals surface area (Å²) in [5, 5.41) is 43.7. The van der Waals surface area contributed by atoms with Crippen molar-refractivity contribution in [2.45, 2.75) is 31.0 Å². The maximum absolute atomic E-state index is 14.8. The summed E-state index contributed by atoms with van der Waals surface area (Å²) in [5.41, 5.74) is 6.49. The number of hydrogen-bond donors (Lipinski definition) is 6. The van der Waals surface area contributed by atoms with Crippen molar-refractivity contribution < 1.29 is 39.2 Å². The van der Waals surface area contributed by atoms with E-state index in [0.717, 1.165) is 6.07 Å². The van der Waals surface area contributed by atoms with Gasteiger partial charge in [0.05, 0.1) is 11.6 Å². The van der Waals surface area contributed by atoms with Crippen molar-refractivity contribution in [1.29, 1.82) is 0 Å². The van der Waals surface area contributed by atoms with Gasteiger partial charge >= 0.3 is 0 Å². The summed E-state index contributed by atoms with van der Waals surface area (Å²) < 4.78 is 14.8. The number of rotatable bonds is 3. The molecule has 0 radical (unpaired) electrons. The van der Waals surface area contributed by atoms with Gasteiger partial charge in [-0.3, -0.25) is 19.3 Å². The van der Waals surface area contributed by atoms with Crippen LogP contribution in [-0.2, 0) is 27.3 Å². The monoisotopic (exact) mass is 461 g/mol. The highest BCUT2D eigenvalue weighted by Gasteiger charge is 2.64. The molecule has 1 amide bonds. The van der Waals surface area contributed by atoms with Crippen LogP contribution in [0.4, 0.5) is 4.39 Å². The third kappa shape index (κ3) is 2.86. The van der Waals surface area contributed by atoms with Crippen LogP contribution < -0.4 is 11.5 Å². The molecule has 4 atom stereocenters. The number of aliphatic hydroxyl groups excluding tert-OH is 2. The second kappa shape index (κ2) is 7.37. The molecule has 4 rings (SSSR count). The smallest absolute Gasteiger partial charge is 0.255 e. The number of aliphatic hydroxyl groups is 3. The van der Waals surface area contributed by atoms with E-state index in [9.17, 15) is 39.2 Å². The van der Waals surface area contributed by atoms with E-state index in [-0.39, 0.29) is 41.6 Å². The normalized spacial score (nSPS) is 29.2. The number of aromatic hydroxyl groups is 1. The van der Waals surface area contributed by atoms with E-state index in [1.54, 1.807) is 0 Å². The van der Waals surface area contributed by atoms with E-state index in [1.165, 1.54) is 19.0 Å². The number of Topliss-reactive ketones (excluding diaryl/α,β-unsaturated/α-hetero) is 2. The van der Waals surface area contributed by atoms with E-state index in [4.69, 9.17) is 11.5 Å². The van der Waals surface area contributed by atoms with Gasteiger partial charge in [-0.15, -0.1) is 0 Å². The van der Waals surface area contributed by atoms with Crippen molar-refractivity contribution in [2.24, 2.45) is 23.3 Å². The number of nitrogens with two attached hydrogens (primary N) is 2. The number of amides is 1. The van der Waals surface area contributed by atoms with Crippen LogP contribution in [0, 0.1) is 17.7 Å². The van der Waals surface area contributed by atoms with Crippen LogP contribution >= 0.6 is 0 Å². The van der Waals surface area contributed by atoms with Gasteiger partial charge in [0.15, 0.2) is 11.4 Å². The maximum atomic E-state index is 14.8. The van der Waals surface area contributed by atoms with E-state index in [1.807, 2.05) is 0 Å². The van der Waals surface area contributed by atoms with E-state index >= 15 is 0 Å². The number of ketones is 2. The summed E-state index contributed by atoms with van der Waals surface area (Å²) in [6, 6.07) is -0.145. The Morgan fingerprint density at radius 3 is 2.45 bits per heavy atom. The summed E-state index contributed by atoms with van der Waals surface area (Å²) in [6.07, 6.45) is -0.219. The minimum atomic E-state index is -2.73. The molecule has 33 heavy (non-hydrogen) atoms. The number of nitrogens with zero attached hydrogens (tertiary/aromatic N) is 1. The lowest BCUT2D eigenvalue weighted by Gasteiger charge is -2.50. The van der Waals surface area contributed by atoms with Gasteiger partial charge in [-0.1, -0.05) is 0 Å². The standard InChI is InChI=1S/C22H24FN3O7/c1-26(2)15-10-4-7-3-9-11(23)5-8(6-24)16(27)13(9)17(28)12(7)19(30)22(10,33)20(31)14(18(15)29)21(25)32/h5,7,10,15,27-28,31,33H,3-4,6,24H2,1-2H3,(H2,25,32)/t7-,10-,15-,22-/m0/s1. The van der Waals surface area contributed by atoms with Crippen LogP contribution in [0.15, 0.2) is 23.0 Å². The van der Waals surface area contributed by atoms with E-state index in [2.05, 4.69) is 0 Å². The SMILES string of the molecule is CN(C)[C@@H]1C(=O)C(C(N)=O)=C(O)[C@@]2(O)C(=O)C3=C(O)c4c(O)c(CN)cc(F)c4C[C@H]3C[C@@H]12. The Kier molecular flexibility index (Phi) is 5.11. The molecule has 3 aliphatic carbocycles. The molecule has 0 spiro atoms. The van der Waals surface area contributed by atoms with Gasteiger partial charge in [0.1, 0.15) is 28.7 Å². The molecule has 11 heteroatoms. The molecule has 8 N–H and O–H groups in total. The second-order valence-corrected chi connectivity index (χ2v) is 8.89. The number of phenolic OH excluding ortho intramolecular Hbond substituents is 1. The minimum absolute atomic E-state index is 0.00592. The first-order valence-corrected chi connectivity index (χ1v) is 10.3. The molecule has 0 heterocycles. The van der Waals surface area contributed by atoms with Crippen molar-refractivity contribution in [3.63, 3.8) is 0 Å². The maximum Gasteiger partial charge on any atom is 0.255 e. The van der Waals surface area contributed by atoms with Gasteiger partial charge in [0.25, 0.3) is 5.91 Å².